The zero-order valence-corrected chi connectivity index (χ0v) is 17.7. The summed E-state index contributed by atoms with van der Waals surface area (Å²) >= 11 is 0. The highest BCUT2D eigenvalue weighted by atomic mass is 16.7. The standard InChI is InChI=1S/C25H24N2O4/c1-15-24(18-6-4-5-7-19(18)26-15)25(16-8-11-21-23(12-16)31-14-30-21)27-20-10-9-17(28-2)13-22(20)29-3/h4-13,25-27H,14H2,1-3H3. The summed E-state index contributed by atoms with van der Waals surface area (Å²) in [5.74, 6) is 2.97. The van der Waals surface area contributed by atoms with E-state index >= 15 is 0 Å². The molecular weight excluding hydrogens is 392 g/mol. The molecule has 6 nitrogen and oxygen atoms in total. The molecule has 31 heavy (non-hydrogen) atoms. The van der Waals surface area contributed by atoms with Crippen LogP contribution in [0.25, 0.3) is 10.9 Å². The van der Waals surface area contributed by atoms with Crippen molar-refractivity contribution in [2.24, 2.45) is 0 Å². The van der Waals surface area contributed by atoms with E-state index in [4.69, 9.17) is 18.9 Å². The molecule has 1 unspecified atom stereocenters. The van der Waals surface area contributed by atoms with Gasteiger partial charge in [0.2, 0.25) is 6.79 Å². The number of hydrogen-bond acceptors (Lipinski definition) is 5. The Balaban J connectivity index is 1.66. The molecule has 5 rings (SSSR count). The fourth-order valence-electron chi connectivity index (χ4n) is 4.16. The number of hydrogen-bond donors (Lipinski definition) is 2. The van der Waals surface area contributed by atoms with Gasteiger partial charge in [-0.15, -0.1) is 0 Å². The number of anilines is 1. The van der Waals surface area contributed by atoms with Crippen molar-refractivity contribution in [1.82, 2.24) is 4.98 Å². The summed E-state index contributed by atoms with van der Waals surface area (Å²) in [6.07, 6.45) is 0. The van der Waals surface area contributed by atoms with Crippen molar-refractivity contribution in [3.05, 3.63) is 77.5 Å². The second kappa shape index (κ2) is 7.80. The predicted octanol–water partition coefficient (Wildman–Crippen LogP) is 5.42. The zero-order valence-electron chi connectivity index (χ0n) is 17.7. The number of rotatable bonds is 6. The van der Waals surface area contributed by atoms with Crippen LogP contribution in [-0.4, -0.2) is 26.0 Å². The smallest absolute Gasteiger partial charge is 0.231 e. The van der Waals surface area contributed by atoms with E-state index in [0.29, 0.717) is 5.75 Å². The lowest BCUT2D eigenvalue weighted by molar-refractivity contribution is 0.174. The van der Waals surface area contributed by atoms with Crippen LogP contribution in [-0.2, 0) is 0 Å². The van der Waals surface area contributed by atoms with E-state index in [9.17, 15) is 0 Å². The van der Waals surface area contributed by atoms with Crippen molar-refractivity contribution in [2.45, 2.75) is 13.0 Å². The Kier molecular flexibility index (Phi) is 4.82. The normalized spacial score (nSPS) is 13.3. The third kappa shape index (κ3) is 3.40. The van der Waals surface area contributed by atoms with E-state index in [1.165, 1.54) is 10.9 Å². The van der Waals surface area contributed by atoms with Crippen LogP contribution < -0.4 is 24.3 Å². The van der Waals surface area contributed by atoms with Crippen molar-refractivity contribution in [3.8, 4) is 23.0 Å². The molecule has 3 aromatic carbocycles. The van der Waals surface area contributed by atoms with Gasteiger partial charge in [-0.3, -0.25) is 0 Å². The average Bonchev–Trinajstić information content (AvgIpc) is 3.40. The highest BCUT2D eigenvalue weighted by Gasteiger charge is 2.24. The van der Waals surface area contributed by atoms with Crippen LogP contribution in [0.1, 0.15) is 22.9 Å². The van der Waals surface area contributed by atoms with Crippen LogP contribution in [0.15, 0.2) is 60.7 Å². The maximum Gasteiger partial charge on any atom is 0.231 e. The van der Waals surface area contributed by atoms with E-state index in [2.05, 4.69) is 41.5 Å². The summed E-state index contributed by atoms with van der Waals surface area (Å²) in [6.45, 7) is 2.34. The van der Waals surface area contributed by atoms with E-state index < -0.39 is 0 Å². The maximum absolute atomic E-state index is 5.65. The van der Waals surface area contributed by atoms with Gasteiger partial charge in [0, 0.05) is 28.2 Å². The van der Waals surface area contributed by atoms with E-state index in [-0.39, 0.29) is 12.8 Å². The molecule has 0 amide bonds. The molecule has 6 heteroatoms. The molecule has 0 radical (unpaired) electrons. The summed E-state index contributed by atoms with van der Waals surface area (Å²) in [5.41, 5.74) is 5.31. The molecule has 0 saturated heterocycles. The highest BCUT2D eigenvalue weighted by Crippen LogP contribution is 2.41. The molecular formula is C25H24N2O4. The molecule has 1 aliphatic rings. The second-order valence-corrected chi connectivity index (χ2v) is 7.47. The summed E-state index contributed by atoms with van der Waals surface area (Å²) in [7, 11) is 3.30. The van der Waals surface area contributed by atoms with Crippen molar-refractivity contribution in [1.29, 1.82) is 0 Å². The molecule has 158 valence electrons. The van der Waals surface area contributed by atoms with E-state index in [1.807, 2.05) is 36.4 Å². The first-order chi connectivity index (χ1) is 15.2. The maximum atomic E-state index is 5.65. The fraction of sp³-hybridized carbons (Fsp3) is 0.200. The number of fused-ring (bicyclic) bond motifs is 2. The van der Waals surface area contributed by atoms with E-state index in [0.717, 1.165) is 39.7 Å². The van der Waals surface area contributed by atoms with Crippen LogP contribution in [0.5, 0.6) is 23.0 Å². The van der Waals surface area contributed by atoms with Crippen LogP contribution in [0.2, 0.25) is 0 Å². The number of aromatic amines is 1. The third-order valence-electron chi connectivity index (χ3n) is 5.67. The van der Waals surface area contributed by atoms with Gasteiger partial charge < -0.3 is 29.2 Å². The fourth-order valence-corrected chi connectivity index (χ4v) is 4.16. The van der Waals surface area contributed by atoms with Gasteiger partial charge in [-0.1, -0.05) is 24.3 Å². The zero-order chi connectivity index (χ0) is 21.4. The van der Waals surface area contributed by atoms with Crippen molar-refractivity contribution in [2.75, 3.05) is 26.3 Å². The Bertz CT molecular complexity index is 1250. The van der Waals surface area contributed by atoms with Gasteiger partial charge >= 0.3 is 0 Å². The number of benzene rings is 3. The monoisotopic (exact) mass is 416 g/mol. The number of para-hydroxylation sites is 1. The van der Waals surface area contributed by atoms with Gasteiger partial charge in [0.15, 0.2) is 11.5 Å². The molecule has 1 atom stereocenters. The van der Waals surface area contributed by atoms with Crippen LogP contribution in [0.4, 0.5) is 5.69 Å². The van der Waals surface area contributed by atoms with Gasteiger partial charge in [-0.2, -0.15) is 0 Å². The topological polar surface area (TPSA) is 64.7 Å². The third-order valence-corrected chi connectivity index (χ3v) is 5.67. The number of methoxy groups -OCH3 is 2. The van der Waals surface area contributed by atoms with Crippen LogP contribution in [0.3, 0.4) is 0 Å². The number of nitrogens with one attached hydrogen (secondary N) is 2. The van der Waals surface area contributed by atoms with Crippen molar-refractivity contribution in [3.63, 3.8) is 0 Å². The molecule has 0 bridgehead atoms. The lowest BCUT2D eigenvalue weighted by Gasteiger charge is -2.23. The van der Waals surface area contributed by atoms with Gasteiger partial charge in [-0.25, -0.2) is 0 Å². The largest absolute Gasteiger partial charge is 0.497 e. The first-order valence-electron chi connectivity index (χ1n) is 10.1. The SMILES string of the molecule is COc1ccc(NC(c2ccc3c(c2)OCO3)c2c(C)[nH]c3ccccc23)c(OC)c1. The summed E-state index contributed by atoms with van der Waals surface area (Å²) < 4.78 is 22.2. The van der Waals surface area contributed by atoms with Gasteiger partial charge in [0.25, 0.3) is 0 Å². The Morgan fingerprint density at radius 2 is 1.77 bits per heavy atom. The summed E-state index contributed by atoms with van der Waals surface area (Å²) in [4.78, 5) is 3.52. The molecule has 1 aliphatic heterocycles. The molecule has 0 spiro atoms. The predicted molar refractivity (Wildman–Crippen MR) is 121 cm³/mol. The summed E-state index contributed by atoms with van der Waals surface area (Å²) in [5, 5.41) is 4.86. The van der Waals surface area contributed by atoms with Gasteiger partial charge in [0.1, 0.15) is 11.5 Å². The Labute approximate surface area is 180 Å². The first-order valence-corrected chi connectivity index (χ1v) is 10.1. The molecule has 4 aromatic rings. The van der Waals surface area contributed by atoms with Crippen molar-refractivity contribution < 1.29 is 18.9 Å². The minimum absolute atomic E-state index is 0.145. The van der Waals surface area contributed by atoms with Crippen LogP contribution >= 0.6 is 0 Å². The van der Waals surface area contributed by atoms with Crippen molar-refractivity contribution >= 4 is 16.6 Å². The number of H-pyrrole nitrogens is 1. The van der Waals surface area contributed by atoms with E-state index in [1.54, 1.807) is 14.2 Å². The molecule has 2 heterocycles. The number of aryl methyl sites for hydroxylation is 1. The molecule has 0 fully saturated rings. The van der Waals surface area contributed by atoms with Crippen LogP contribution in [0, 0.1) is 6.92 Å². The molecule has 0 saturated carbocycles. The molecule has 1 aromatic heterocycles. The minimum atomic E-state index is -0.145. The Hall–Kier alpha value is -3.80. The summed E-state index contributed by atoms with van der Waals surface area (Å²) in [6, 6.07) is 20.0. The average molecular weight is 416 g/mol. The number of ether oxygens (including phenoxy) is 4. The molecule has 0 aliphatic carbocycles. The second-order valence-electron chi connectivity index (χ2n) is 7.47. The minimum Gasteiger partial charge on any atom is -0.497 e. The van der Waals surface area contributed by atoms with Gasteiger partial charge in [-0.05, 0) is 42.8 Å². The molecule has 2 N–H and O–H groups in total. The highest BCUT2D eigenvalue weighted by molar-refractivity contribution is 5.86. The Morgan fingerprint density at radius 1 is 0.935 bits per heavy atom. The number of aromatic nitrogens is 1. The lowest BCUT2D eigenvalue weighted by atomic mass is 9.95. The first kappa shape index (κ1) is 19.2. The van der Waals surface area contributed by atoms with Gasteiger partial charge in [0.05, 0.1) is 25.9 Å². The lowest BCUT2D eigenvalue weighted by Crippen LogP contribution is -2.14. The Morgan fingerprint density at radius 3 is 2.61 bits per heavy atom. The quantitative estimate of drug-likeness (QED) is 0.439.